The maximum absolute atomic E-state index is 12.9. The third kappa shape index (κ3) is 4.40. The van der Waals surface area contributed by atoms with E-state index in [2.05, 4.69) is 22.9 Å². The van der Waals surface area contributed by atoms with Gasteiger partial charge in [0, 0.05) is 43.2 Å². The monoisotopic (exact) mass is 403 g/mol. The standard InChI is InChI=1S/C25H29N3O2/c1-18-8-6-13-24-26-17-23(28(18)24)22(20-11-7-12-21(14-20)30-2)15-25(29)27-16-19-9-4-3-5-10-19/h3-5,7,9-12,14,17-18,22H,6,8,13,15-16H2,1-2H3,(H,27,29). The van der Waals surface area contributed by atoms with Crippen LogP contribution in [0.4, 0.5) is 0 Å². The predicted molar refractivity (Wildman–Crippen MR) is 118 cm³/mol. The van der Waals surface area contributed by atoms with Crippen LogP contribution in [-0.4, -0.2) is 22.6 Å². The summed E-state index contributed by atoms with van der Waals surface area (Å²) >= 11 is 0. The summed E-state index contributed by atoms with van der Waals surface area (Å²) < 4.78 is 7.79. The third-order valence-electron chi connectivity index (χ3n) is 5.94. The molecule has 0 aliphatic carbocycles. The van der Waals surface area contributed by atoms with Crippen molar-refractivity contribution in [3.63, 3.8) is 0 Å². The average molecular weight is 404 g/mol. The molecule has 2 atom stereocenters. The van der Waals surface area contributed by atoms with Gasteiger partial charge < -0.3 is 14.6 Å². The Labute approximate surface area is 178 Å². The van der Waals surface area contributed by atoms with E-state index in [1.54, 1.807) is 7.11 Å². The fourth-order valence-electron chi connectivity index (χ4n) is 4.36. The van der Waals surface area contributed by atoms with Crippen LogP contribution in [0.3, 0.4) is 0 Å². The summed E-state index contributed by atoms with van der Waals surface area (Å²) in [7, 11) is 1.67. The minimum atomic E-state index is -0.0716. The van der Waals surface area contributed by atoms with Crippen molar-refractivity contribution < 1.29 is 9.53 Å². The number of ether oxygens (including phenoxy) is 1. The Morgan fingerprint density at radius 1 is 1.23 bits per heavy atom. The van der Waals surface area contributed by atoms with Gasteiger partial charge in [-0.2, -0.15) is 0 Å². The van der Waals surface area contributed by atoms with E-state index in [-0.39, 0.29) is 11.8 Å². The third-order valence-corrected chi connectivity index (χ3v) is 5.94. The van der Waals surface area contributed by atoms with Crippen molar-refractivity contribution >= 4 is 5.91 Å². The van der Waals surface area contributed by atoms with Gasteiger partial charge in [0.05, 0.1) is 7.11 Å². The summed E-state index contributed by atoms with van der Waals surface area (Å²) in [6.45, 7) is 2.78. The van der Waals surface area contributed by atoms with Gasteiger partial charge in [-0.3, -0.25) is 4.79 Å². The molecule has 0 bridgehead atoms. The molecule has 1 amide bonds. The first kappa shape index (κ1) is 20.2. The number of carbonyl (C=O) groups is 1. The maximum atomic E-state index is 12.9. The van der Waals surface area contributed by atoms with E-state index >= 15 is 0 Å². The maximum Gasteiger partial charge on any atom is 0.221 e. The molecule has 30 heavy (non-hydrogen) atoms. The van der Waals surface area contributed by atoms with Crippen molar-refractivity contribution in [2.75, 3.05) is 7.11 Å². The number of benzene rings is 2. The van der Waals surface area contributed by atoms with E-state index < -0.39 is 0 Å². The molecule has 0 radical (unpaired) electrons. The van der Waals surface area contributed by atoms with E-state index in [1.165, 1.54) is 6.42 Å². The van der Waals surface area contributed by atoms with Crippen molar-refractivity contribution in [1.82, 2.24) is 14.9 Å². The molecule has 0 spiro atoms. The van der Waals surface area contributed by atoms with E-state index in [0.29, 0.717) is 19.0 Å². The van der Waals surface area contributed by atoms with Crippen molar-refractivity contribution in [1.29, 1.82) is 0 Å². The number of methoxy groups -OCH3 is 1. The largest absolute Gasteiger partial charge is 0.497 e. The number of hydrogen-bond acceptors (Lipinski definition) is 3. The summed E-state index contributed by atoms with van der Waals surface area (Å²) in [6, 6.07) is 18.4. The van der Waals surface area contributed by atoms with Gasteiger partial charge in [0.2, 0.25) is 5.91 Å². The fourth-order valence-corrected chi connectivity index (χ4v) is 4.36. The summed E-state index contributed by atoms with van der Waals surface area (Å²) in [4.78, 5) is 17.6. The minimum Gasteiger partial charge on any atom is -0.497 e. The van der Waals surface area contributed by atoms with Crippen molar-refractivity contribution in [3.05, 3.63) is 83.4 Å². The molecule has 2 heterocycles. The van der Waals surface area contributed by atoms with Crippen LogP contribution in [0.15, 0.2) is 60.8 Å². The van der Waals surface area contributed by atoms with Crippen LogP contribution in [-0.2, 0) is 17.8 Å². The predicted octanol–water partition coefficient (Wildman–Crippen LogP) is 4.63. The van der Waals surface area contributed by atoms with Crippen LogP contribution in [0.5, 0.6) is 5.75 Å². The van der Waals surface area contributed by atoms with Crippen LogP contribution in [0.1, 0.15) is 60.8 Å². The number of fused-ring (bicyclic) bond motifs is 1. The van der Waals surface area contributed by atoms with Crippen molar-refractivity contribution in [3.8, 4) is 5.75 Å². The molecule has 156 valence electrons. The highest BCUT2D eigenvalue weighted by Crippen LogP contribution is 2.35. The van der Waals surface area contributed by atoms with E-state index in [1.807, 2.05) is 54.7 Å². The number of hydrogen-bond donors (Lipinski definition) is 1. The molecule has 1 aliphatic heterocycles. The molecule has 1 aliphatic rings. The minimum absolute atomic E-state index is 0.0330. The SMILES string of the molecule is COc1cccc(C(CC(=O)NCc2ccccc2)c2cnc3n2C(C)CCC3)c1. The number of imidazole rings is 1. The van der Waals surface area contributed by atoms with Gasteiger partial charge in [-0.25, -0.2) is 4.98 Å². The van der Waals surface area contributed by atoms with Crippen LogP contribution in [0.2, 0.25) is 0 Å². The molecule has 3 aromatic rings. The van der Waals surface area contributed by atoms with Gasteiger partial charge in [-0.1, -0.05) is 42.5 Å². The topological polar surface area (TPSA) is 56.1 Å². The molecular weight excluding hydrogens is 374 g/mol. The lowest BCUT2D eigenvalue weighted by atomic mass is 9.91. The average Bonchev–Trinajstić information content (AvgIpc) is 3.22. The zero-order valence-electron chi connectivity index (χ0n) is 17.7. The number of nitrogens with one attached hydrogen (secondary N) is 1. The normalized spacial score (nSPS) is 16.5. The molecular formula is C25H29N3O2. The molecule has 0 fully saturated rings. The first-order chi connectivity index (χ1) is 14.7. The second kappa shape index (κ2) is 9.16. The molecule has 1 N–H and O–H groups in total. The summed E-state index contributed by atoms with van der Waals surface area (Å²) in [5.74, 6) is 1.89. The second-order valence-electron chi connectivity index (χ2n) is 8.01. The fraction of sp³-hybridized carbons (Fsp3) is 0.360. The quantitative estimate of drug-likeness (QED) is 0.626. The smallest absolute Gasteiger partial charge is 0.221 e. The number of aromatic nitrogens is 2. The molecule has 1 aromatic heterocycles. The number of rotatable bonds is 7. The van der Waals surface area contributed by atoms with Gasteiger partial charge in [0.1, 0.15) is 11.6 Å². The molecule has 4 rings (SSSR count). The van der Waals surface area contributed by atoms with Crippen molar-refractivity contribution in [2.24, 2.45) is 0 Å². The van der Waals surface area contributed by atoms with Gasteiger partial charge in [0.15, 0.2) is 0 Å². The number of amides is 1. The molecule has 5 nitrogen and oxygen atoms in total. The number of carbonyl (C=O) groups excluding carboxylic acids is 1. The molecule has 5 heteroatoms. The van der Waals surface area contributed by atoms with Gasteiger partial charge in [-0.05, 0) is 43.0 Å². The summed E-state index contributed by atoms with van der Waals surface area (Å²) in [5.41, 5.74) is 3.28. The Morgan fingerprint density at radius 2 is 2.07 bits per heavy atom. The van der Waals surface area contributed by atoms with E-state index in [4.69, 9.17) is 9.72 Å². The zero-order chi connectivity index (χ0) is 20.9. The highest BCUT2D eigenvalue weighted by Gasteiger charge is 2.27. The Hall–Kier alpha value is -3.08. The van der Waals surface area contributed by atoms with Gasteiger partial charge in [-0.15, -0.1) is 0 Å². The molecule has 2 aromatic carbocycles. The lowest BCUT2D eigenvalue weighted by molar-refractivity contribution is -0.121. The summed E-state index contributed by atoms with van der Waals surface area (Å²) in [6.07, 6.45) is 5.64. The highest BCUT2D eigenvalue weighted by molar-refractivity contribution is 5.77. The lowest BCUT2D eigenvalue weighted by Gasteiger charge is -2.27. The highest BCUT2D eigenvalue weighted by atomic mass is 16.5. The molecule has 0 saturated carbocycles. The lowest BCUT2D eigenvalue weighted by Crippen LogP contribution is -2.26. The Bertz CT molecular complexity index is 997. The van der Waals surface area contributed by atoms with Crippen molar-refractivity contribution in [2.45, 2.75) is 51.1 Å². The Morgan fingerprint density at radius 3 is 2.87 bits per heavy atom. The first-order valence-corrected chi connectivity index (χ1v) is 10.7. The van der Waals surface area contributed by atoms with Gasteiger partial charge >= 0.3 is 0 Å². The van der Waals surface area contributed by atoms with Crippen LogP contribution >= 0.6 is 0 Å². The van der Waals surface area contributed by atoms with Crippen LogP contribution < -0.4 is 10.1 Å². The zero-order valence-corrected chi connectivity index (χ0v) is 17.7. The second-order valence-corrected chi connectivity index (χ2v) is 8.01. The van der Waals surface area contributed by atoms with E-state index in [9.17, 15) is 4.79 Å². The van der Waals surface area contributed by atoms with Crippen LogP contribution in [0, 0.1) is 0 Å². The van der Waals surface area contributed by atoms with Crippen LogP contribution in [0.25, 0.3) is 0 Å². The first-order valence-electron chi connectivity index (χ1n) is 10.7. The number of aryl methyl sites for hydroxylation is 1. The summed E-state index contributed by atoms with van der Waals surface area (Å²) in [5, 5.41) is 3.08. The Balaban J connectivity index is 1.61. The number of nitrogens with zero attached hydrogens (tertiary/aromatic N) is 2. The molecule has 0 saturated heterocycles. The molecule has 2 unspecified atom stereocenters. The van der Waals surface area contributed by atoms with E-state index in [0.717, 1.165) is 41.2 Å². The Kier molecular flexibility index (Phi) is 6.17. The van der Waals surface area contributed by atoms with Gasteiger partial charge in [0.25, 0.3) is 0 Å².